The number of rotatable bonds is 5. The Morgan fingerprint density at radius 3 is 2.61 bits per heavy atom. The van der Waals surface area contributed by atoms with E-state index in [9.17, 15) is 19.6 Å². The van der Waals surface area contributed by atoms with Crippen molar-refractivity contribution in [3.05, 3.63) is 33.1 Å². The molecule has 0 saturated heterocycles. The lowest BCUT2D eigenvalue weighted by Crippen LogP contribution is -2.29. The maximum atomic E-state index is 13.2. The zero-order valence-electron chi connectivity index (χ0n) is 9.98. The van der Waals surface area contributed by atoms with Gasteiger partial charge in [0.05, 0.1) is 28.7 Å². The van der Waals surface area contributed by atoms with Gasteiger partial charge in [0.2, 0.25) is 0 Å². The Labute approximate surface area is 109 Å². The van der Waals surface area contributed by atoms with Crippen molar-refractivity contribution >= 4 is 23.0 Å². The summed E-state index contributed by atoms with van der Waals surface area (Å²) in [6.07, 6.45) is 0. The van der Waals surface area contributed by atoms with E-state index in [1.807, 2.05) is 13.8 Å². The van der Waals surface area contributed by atoms with Gasteiger partial charge in [-0.25, -0.2) is 4.39 Å². The monoisotopic (exact) mass is 276 g/mol. The number of nitro benzene ring substituents is 1. The normalized spacial score (nSPS) is 12.6. The zero-order valence-corrected chi connectivity index (χ0v) is 10.7. The van der Waals surface area contributed by atoms with Crippen molar-refractivity contribution in [2.45, 2.75) is 19.9 Å². The Kier molecular flexibility index (Phi) is 4.86. The van der Waals surface area contributed by atoms with Crippen LogP contribution in [0.5, 0.6) is 0 Å². The molecule has 0 heterocycles. The average molecular weight is 277 g/mol. The highest BCUT2D eigenvalue weighted by Crippen LogP contribution is 2.31. The molecule has 0 aliphatic carbocycles. The Morgan fingerprint density at radius 1 is 1.56 bits per heavy atom. The smallest absolute Gasteiger partial charge is 0.295 e. The van der Waals surface area contributed by atoms with Crippen LogP contribution in [0.1, 0.15) is 13.8 Å². The summed E-state index contributed by atoms with van der Waals surface area (Å²) in [4.78, 5) is 10.1. The highest BCUT2D eigenvalue weighted by Gasteiger charge is 2.21. The number of aliphatic hydroxyl groups excluding tert-OH is 1. The van der Waals surface area contributed by atoms with Crippen LogP contribution < -0.4 is 5.32 Å². The molecule has 1 aromatic rings. The lowest BCUT2D eigenvalue weighted by molar-refractivity contribution is -0.384. The van der Waals surface area contributed by atoms with Crippen LogP contribution in [-0.2, 0) is 0 Å². The third-order valence-corrected chi connectivity index (χ3v) is 2.87. The zero-order chi connectivity index (χ0) is 13.9. The summed E-state index contributed by atoms with van der Waals surface area (Å²) >= 11 is 5.60. The van der Waals surface area contributed by atoms with Crippen molar-refractivity contribution < 1.29 is 14.4 Å². The highest BCUT2D eigenvalue weighted by atomic mass is 35.5. The first-order valence-electron chi connectivity index (χ1n) is 5.37. The number of nitro groups is 1. The number of aliphatic hydroxyl groups is 1. The number of hydrogen-bond acceptors (Lipinski definition) is 4. The summed E-state index contributed by atoms with van der Waals surface area (Å²) < 4.78 is 13.2. The lowest BCUT2D eigenvalue weighted by atomic mass is 10.0. The van der Waals surface area contributed by atoms with E-state index < -0.39 is 16.4 Å². The van der Waals surface area contributed by atoms with Gasteiger partial charge in [-0.05, 0) is 12.0 Å². The van der Waals surface area contributed by atoms with Crippen molar-refractivity contribution in [2.75, 3.05) is 11.9 Å². The fourth-order valence-electron chi connectivity index (χ4n) is 1.43. The van der Waals surface area contributed by atoms with Gasteiger partial charge >= 0.3 is 0 Å². The van der Waals surface area contributed by atoms with Crippen molar-refractivity contribution in [1.82, 2.24) is 0 Å². The van der Waals surface area contributed by atoms with Gasteiger partial charge in [0, 0.05) is 0 Å². The molecule has 5 nitrogen and oxygen atoms in total. The Hall–Kier alpha value is -1.40. The van der Waals surface area contributed by atoms with Crippen molar-refractivity contribution in [1.29, 1.82) is 0 Å². The van der Waals surface area contributed by atoms with E-state index in [4.69, 9.17) is 11.6 Å². The van der Waals surface area contributed by atoms with Crippen LogP contribution >= 0.6 is 11.6 Å². The molecule has 18 heavy (non-hydrogen) atoms. The number of halogens is 2. The molecule has 0 amide bonds. The number of nitrogens with one attached hydrogen (secondary N) is 1. The van der Waals surface area contributed by atoms with E-state index >= 15 is 0 Å². The summed E-state index contributed by atoms with van der Waals surface area (Å²) in [5.74, 6) is -0.794. The van der Waals surface area contributed by atoms with Crippen LogP contribution in [0.3, 0.4) is 0 Å². The molecule has 0 bridgehead atoms. The second kappa shape index (κ2) is 5.97. The summed E-state index contributed by atoms with van der Waals surface area (Å²) in [6.45, 7) is 3.51. The van der Waals surface area contributed by atoms with Gasteiger partial charge in [-0.2, -0.15) is 0 Å². The molecule has 0 aliphatic heterocycles. The Balaban J connectivity index is 3.14. The number of anilines is 1. The van der Waals surface area contributed by atoms with Crippen LogP contribution in [0.2, 0.25) is 5.02 Å². The quantitative estimate of drug-likeness (QED) is 0.640. The van der Waals surface area contributed by atoms with E-state index in [1.165, 1.54) is 0 Å². The van der Waals surface area contributed by atoms with Crippen LogP contribution in [0.15, 0.2) is 12.1 Å². The minimum absolute atomic E-state index is 0.0541. The minimum atomic E-state index is -0.848. The highest BCUT2D eigenvalue weighted by molar-refractivity contribution is 6.31. The molecule has 0 spiro atoms. The topological polar surface area (TPSA) is 75.4 Å². The van der Waals surface area contributed by atoms with E-state index in [0.29, 0.717) is 0 Å². The van der Waals surface area contributed by atoms with Gasteiger partial charge in [0.15, 0.2) is 0 Å². The Bertz CT molecular complexity index is 454. The van der Waals surface area contributed by atoms with E-state index in [1.54, 1.807) is 0 Å². The van der Waals surface area contributed by atoms with Crippen LogP contribution in [0.4, 0.5) is 15.8 Å². The molecule has 7 heteroatoms. The molecule has 0 aliphatic rings. The fourth-order valence-corrected chi connectivity index (χ4v) is 1.59. The number of nitrogens with zero attached hydrogens (tertiary/aromatic N) is 1. The molecule has 1 aromatic carbocycles. The van der Waals surface area contributed by atoms with Gasteiger partial charge in [-0.15, -0.1) is 0 Å². The molecule has 100 valence electrons. The molecular formula is C11H14ClFN2O3. The lowest BCUT2D eigenvalue weighted by Gasteiger charge is -2.21. The summed E-state index contributed by atoms with van der Waals surface area (Å²) in [5.41, 5.74) is -0.310. The van der Waals surface area contributed by atoms with Crippen molar-refractivity contribution in [3.63, 3.8) is 0 Å². The molecule has 0 saturated carbocycles. The molecule has 0 fully saturated rings. The van der Waals surface area contributed by atoms with Gasteiger partial charge in [-0.1, -0.05) is 25.4 Å². The van der Waals surface area contributed by atoms with E-state index in [2.05, 4.69) is 5.32 Å². The van der Waals surface area contributed by atoms with E-state index in [0.717, 1.165) is 12.1 Å². The maximum Gasteiger partial charge on any atom is 0.295 e. The third-order valence-electron chi connectivity index (χ3n) is 2.58. The fraction of sp³-hybridized carbons (Fsp3) is 0.455. The third kappa shape index (κ3) is 3.30. The van der Waals surface area contributed by atoms with Gasteiger partial charge in [0.1, 0.15) is 11.5 Å². The largest absolute Gasteiger partial charge is 0.394 e. The maximum absolute atomic E-state index is 13.2. The van der Waals surface area contributed by atoms with Gasteiger partial charge in [0.25, 0.3) is 5.69 Å². The summed E-state index contributed by atoms with van der Waals surface area (Å²) in [6, 6.07) is 1.55. The standard InChI is InChI=1S/C11H14ClFN2O3/c1-6(2)10(5-16)14-9-3-7(12)8(13)4-11(9)15(17)18/h3-4,6,10,14,16H,5H2,1-2H3. The number of benzene rings is 1. The minimum Gasteiger partial charge on any atom is -0.394 e. The molecule has 0 radical (unpaired) electrons. The molecule has 0 aromatic heterocycles. The molecule has 1 rings (SSSR count). The Morgan fingerprint density at radius 2 is 2.17 bits per heavy atom. The predicted molar refractivity (Wildman–Crippen MR) is 67.4 cm³/mol. The van der Waals surface area contributed by atoms with Crippen molar-refractivity contribution in [2.24, 2.45) is 5.92 Å². The second-order valence-corrected chi connectivity index (χ2v) is 4.63. The first-order chi connectivity index (χ1) is 8.36. The molecule has 2 N–H and O–H groups in total. The first kappa shape index (κ1) is 14.7. The van der Waals surface area contributed by atoms with E-state index in [-0.39, 0.29) is 29.3 Å². The SMILES string of the molecule is CC(C)C(CO)Nc1cc(Cl)c(F)cc1[N+](=O)[O-]. The second-order valence-electron chi connectivity index (χ2n) is 4.22. The van der Waals surface area contributed by atoms with Gasteiger partial charge in [-0.3, -0.25) is 10.1 Å². The molecule has 1 unspecified atom stereocenters. The van der Waals surface area contributed by atoms with Crippen molar-refractivity contribution in [3.8, 4) is 0 Å². The summed E-state index contributed by atoms with van der Waals surface area (Å²) in [5, 5.41) is 22.6. The first-order valence-corrected chi connectivity index (χ1v) is 5.75. The predicted octanol–water partition coefficient (Wildman–Crippen LogP) is 2.82. The number of hydrogen-bond donors (Lipinski definition) is 2. The average Bonchev–Trinajstić information content (AvgIpc) is 2.29. The van der Waals surface area contributed by atoms with Crippen LogP contribution in [0.25, 0.3) is 0 Å². The van der Waals surface area contributed by atoms with Crippen LogP contribution in [0, 0.1) is 21.8 Å². The summed E-state index contributed by atoms with van der Waals surface area (Å²) in [7, 11) is 0. The molecular weight excluding hydrogens is 263 g/mol. The van der Waals surface area contributed by atoms with Gasteiger partial charge < -0.3 is 10.4 Å². The van der Waals surface area contributed by atoms with Crippen LogP contribution in [-0.4, -0.2) is 22.7 Å². The molecule has 1 atom stereocenters.